The molecule has 5 aromatic heterocycles. The maximum Gasteiger partial charge on any atom is 0.0963 e. The van der Waals surface area contributed by atoms with Crippen molar-refractivity contribution in [2.24, 2.45) is 0 Å². The van der Waals surface area contributed by atoms with Crippen LogP contribution in [0.25, 0.3) is 61.7 Å². The second kappa shape index (κ2) is 8.64. The Bertz CT molecular complexity index is 2110. The van der Waals surface area contributed by atoms with Gasteiger partial charge < -0.3 is 14.5 Å². The number of aromatic nitrogens is 5. The Labute approximate surface area is 231 Å². The Morgan fingerprint density at radius 1 is 0.675 bits per heavy atom. The number of rotatable bonds is 3. The fourth-order valence-corrected chi connectivity index (χ4v) is 5.94. The summed E-state index contributed by atoms with van der Waals surface area (Å²) in [5.74, 6) is 0. The van der Waals surface area contributed by atoms with Gasteiger partial charge >= 0.3 is 0 Å². The van der Waals surface area contributed by atoms with Crippen LogP contribution < -0.4 is 5.32 Å². The van der Waals surface area contributed by atoms with Gasteiger partial charge in [0.2, 0.25) is 0 Å². The molecule has 0 bridgehead atoms. The third-order valence-corrected chi connectivity index (χ3v) is 7.78. The second-order valence-corrected chi connectivity index (χ2v) is 10.4. The average molecular weight is 519 g/mol. The largest absolute Gasteiger partial charge is 0.379 e. The predicted molar refractivity (Wildman–Crippen MR) is 163 cm³/mol. The molecule has 2 aromatic carbocycles. The number of benzene rings is 2. The number of anilines is 1. The zero-order chi connectivity index (χ0) is 26.8. The van der Waals surface area contributed by atoms with Crippen LogP contribution in [0.15, 0.2) is 97.5 Å². The van der Waals surface area contributed by atoms with Crippen LogP contribution in [0.4, 0.5) is 5.69 Å². The Kier molecular flexibility index (Phi) is 4.91. The first-order valence-corrected chi connectivity index (χ1v) is 13.5. The molecule has 0 aliphatic carbocycles. The number of hydrogen-bond donors (Lipinski definition) is 1. The minimum absolute atomic E-state index is 0.835. The zero-order valence-electron chi connectivity index (χ0n) is 22.3. The molecule has 192 valence electrons. The van der Waals surface area contributed by atoms with Crippen LogP contribution in [-0.4, -0.2) is 30.6 Å². The third kappa shape index (κ3) is 3.39. The molecule has 0 unspecified atom stereocenters. The van der Waals surface area contributed by atoms with Crippen molar-refractivity contribution in [2.75, 3.05) is 11.9 Å². The van der Waals surface area contributed by atoms with Crippen molar-refractivity contribution in [3.8, 4) is 22.8 Å². The number of hydrogen-bond acceptors (Lipinski definition) is 4. The third-order valence-electron chi connectivity index (χ3n) is 7.78. The molecule has 0 atom stereocenters. The fourth-order valence-electron chi connectivity index (χ4n) is 5.94. The van der Waals surface area contributed by atoms with Crippen molar-refractivity contribution in [3.63, 3.8) is 0 Å². The predicted octanol–water partition coefficient (Wildman–Crippen LogP) is 7.64. The van der Waals surface area contributed by atoms with Crippen molar-refractivity contribution >= 4 is 44.6 Å². The van der Waals surface area contributed by atoms with Crippen LogP contribution in [0.5, 0.6) is 0 Å². The van der Waals surface area contributed by atoms with E-state index >= 15 is 0 Å². The Morgan fingerprint density at radius 3 is 2.05 bits per heavy atom. The summed E-state index contributed by atoms with van der Waals surface area (Å²) in [6, 6.07) is 25.5. The first kappa shape index (κ1) is 22.7. The minimum atomic E-state index is 0.835. The van der Waals surface area contributed by atoms with Gasteiger partial charge in [0.25, 0.3) is 0 Å². The van der Waals surface area contributed by atoms with E-state index in [2.05, 4.69) is 106 Å². The van der Waals surface area contributed by atoms with E-state index in [0.717, 1.165) is 56.9 Å². The minimum Gasteiger partial charge on any atom is -0.379 e. The Balaban J connectivity index is 1.18. The molecule has 1 aliphatic heterocycles. The van der Waals surface area contributed by atoms with Gasteiger partial charge in [-0.25, -0.2) is 0 Å². The van der Waals surface area contributed by atoms with Crippen molar-refractivity contribution in [1.82, 2.24) is 24.1 Å². The summed E-state index contributed by atoms with van der Waals surface area (Å²) in [5, 5.41) is 5.94. The van der Waals surface area contributed by atoms with Gasteiger partial charge in [0.15, 0.2) is 0 Å². The second-order valence-electron chi connectivity index (χ2n) is 10.4. The lowest BCUT2D eigenvalue weighted by Crippen LogP contribution is -2.06. The molecule has 6 heterocycles. The number of pyridine rings is 3. The summed E-state index contributed by atoms with van der Waals surface area (Å²) in [5.41, 5.74) is 12.9. The highest BCUT2D eigenvalue weighted by atomic mass is 15.1. The summed E-state index contributed by atoms with van der Waals surface area (Å²) in [6.07, 6.45) is 10.1. The van der Waals surface area contributed by atoms with E-state index in [1.165, 1.54) is 27.7 Å². The van der Waals surface area contributed by atoms with Gasteiger partial charge in [-0.2, -0.15) is 0 Å². The van der Waals surface area contributed by atoms with Crippen molar-refractivity contribution < 1.29 is 0 Å². The van der Waals surface area contributed by atoms with Crippen LogP contribution in [0, 0.1) is 13.8 Å². The highest BCUT2D eigenvalue weighted by molar-refractivity contribution is 6.07. The number of nitrogens with zero attached hydrogens (tertiary/aromatic N) is 5. The Hall–Kier alpha value is -5.23. The van der Waals surface area contributed by atoms with Crippen LogP contribution in [-0.2, 0) is 0 Å². The molecular formula is C34H26N6. The lowest BCUT2D eigenvalue weighted by molar-refractivity contribution is 1.07. The van der Waals surface area contributed by atoms with Crippen molar-refractivity contribution in [1.29, 1.82) is 0 Å². The van der Waals surface area contributed by atoms with Crippen LogP contribution >= 0.6 is 0 Å². The molecule has 0 fully saturated rings. The van der Waals surface area contributed by atoms with Crippen LogP contribution in [0.2, 0.25) is 0 Å². The molecule has 0 spiro atoms. The van der Waals surface area contributed by atoms with E-state index in [-0.39, 0.29) is 0 Å². The van der Waals surface area contributed by atoms with Gasteiger partial charge in [0, 0.05) is 23.5 Å². The average Bonchev–Trinajstić information content (AvgIpc) is 3.50. The zero-order valence-corrected chi connectivity index (χ0v) is 22.3. The smallest absolute Gasteiger partial charge is 0.0963 e. The van der Waals surface area contributed by atoms with Gasteiger partial charge in [0.1, 0.15) is 0 Å². The fraction of sp³-hybridized carbons (Fsp3) is 0.0882. The molecule has 0 amide bonds. The molecule has 0 saturated carbocycles. The maximum absolute atomic E-state index is 4.84. The molecule has 0 saturated heterocycles. The van der Waals surface area contributed by atoms with Crippen LogP contribution in [0.3, 0.4) is 0 Å². The first-order valence-electron chi connectivity index (χ1n) is 13.5. The molecule has 40 heavy (non-hydrogen) atoms. The topological polar surface area (TPSA) is 60.6 Å². The summed E-state index contributed by atoms with van der Waals surface area (Å²) >= 11 is 0. The molecule has 8 rings (SSSR count). The molecule has 6 nitrogen and oxygen atoms in total. The van der Waals surface area contributed by atoms with E-state index in [1.807, 2.05) is 30.7 Å². The highest BCUT2D eigenvalue weighted by Crippen LogP contribution is 2.37. The molecule has 1 N–H and O–H groups in total. The van der Waals surface area contributed by atoms with E-state index in [1.54, 1.807) is 0 Å². The van der Waals surface area contributed by atoms with Gasteiger partial charge in [-0.3, -0.25) is 15.0 Å². The summed E-state index contributed by atoms with van der Waals surface area (Å²) in [6.45, 7) is 5.08. The first-order chi connectivity index (χ1) is 19.7. The molecule has 7 aromatic rings. The molecule has 0 radical (unpaired) electrons. The van der Waals surface area contributed by atoms with Gasteiger partial charge in [-0.05, 0) is 80.6 Å². The number of nitrogens with one attached hydrogen (secondary N) is 1. The lowest BCUT2D eigenvalue weighted by Gasteiger charge is -2.13. The van der Waals surface area contributed by atoms with Gasteiger partial charge in [-0.1, -0.05) is 29.3 Å². The SMILES string of the molecule is Cc1ccc2c(c1)c1c(n2-c2ccc(-c3ccc(-n4c5ccc(C)cc5c5ncccc54)cn3)nc2)C=CCN1. The van der Waals surface area contributed by atoms with E-state index in [9.17, 15) is 0 Å². The van der Waals surface area contributed by atoms with E-state index in [0.29, 0.717) is 0 Å². The lowest BCUT2D eigenvalue weighted by atomic mass is 10.1. The molecular weight excluding hydrogens is 492 g/mol. The number of aryl methyl sites for hydroxylation is 2. The monoisotopic (exact) mass is 518 g/mol. The normalized spacial score (nSPS) is 12.8. The van der Waals surface area contributed by atoms with E-state index in [4.69, 9.17) is 9.97 Å². The van der Waals surface area contributed by atoms with Gasteiger partial charge in [0.05, 0.1) is 68.6 Å². The van der Waals surface area contributed by atoms with Crippen LogP contribution in [0.1, 0.15) is 16.8 Å². The Morgan fingerprint density at radius 2 is 1.35 bits per heavy atom. The highest BCUT2D eigenvalue weighted by Gasteiger charge is 2.19. The van der Waals surface area contributed by atoms with E-state index < -0.39 is 0 Å². The summed E-state index contributed by atoms with van der Waals surface area (Å²) in [4.78, 5) is 14.3. The van der Waals surface area contributed by atoms with Crippen molar-refractivity contribution in [2.45, 2.75) is 13.8 Å². The van der Waals surface area contributed by atoms with Gasteiger partial charge in [-0.15, -0.1) is 0 Å². The molecule has 6 heteroatoms. The quantitative estimate of drug-likeness (QED) is 0.261. The standard InChI is InChI=1S/C34H26N6/c1-21-7-13-29-25(17-21)33-31(5-3-15-35-33)39(29)23-9-11-27(37-19-23)28-12-10-24(20-38-28)40-30-14-8-22(2)18-26(30)34-32(40)6-4-16-36-34/h3-15,17-20,36H,16H2,1-2H3. The van der Waals surface area contributed by atoms with Crippen molar-refractivity contribution in [3.05, 3.63) is 114 Å². The molecule has 1 aliphatic rings. The number of fused-ring (bicyclic) bond motifs is 6. The summed E-state index contributed by atoms with van der Waals surface area (Å²) in [7, 11) is 0. The summed E-state index contributed by atoms with van der Waals surface area (Å²) < 4.78 is 4.51. The maximum atomic E-state index is 4.84.